The number of hydrogen-bond acceptors (Lipinski definition) is 1. The Hall–Kier alpha value is -1.09. The van der Waals surface area contributed by atoms with Gasteiger partial charge in [-0.2, -0.15) is 0 Å². The molecule has 0 spiro atoms. The van der Waals surface area contributed by atoms with Gasteiger partial charge in [-0.1, -0.05) is 53.5 Å². The molecule has 106 valence electrons. The summed E-state index contributed by atoms with van der Waals surface area (Å²) in [7, 11) is 0. The lowest BCUT2D eigenvalue weighted by Crippen LogP contribution is -2.19. The minimum absolute atomic E-state index is 0.175. The van der Waals surface area contributed by atoms with Crippen LogP contribution in [0.2, 0.25) is 10.0 Å². The molecule has 1 atom stereocenters. The number of benzene rings is 2. The first-order valence-corrected chi connectivity index (χ1v) is 7.23. The summed E-state index contributed by atoms with van der Waals surface area (Å²) >= 11 is 12.1. The van der Waals surface area contributed by atoms with Gasteiger partial charge in [0.25, 0.3) is 0 Å². The van der Waals surface area contributed by atoms with Crippen molar-refractivity contribution >= 4 is 23.2 Å². The van der Waals surface area contributed by atoms with Gasteiger partial charge in [0, 0.05) is 5.02 Å². The second-order valence-corrected chi connectivity index (χ2v) is 5.60. The summed E-state index contributed by atoms with van der Waals surface area (Å²) in [6.07, 6.45) is 1.39. The molecule has 2 rings (SSSR count). The number of halogens is 3. The van der Waals surface area contributed by atoms with Gasteiger partial charge in [0.1, 0.15) is 5.82 Å². The maximum atomic E-state index is 13.4. The van der Waals surface area contributed by atoms with Crippen molar-refractivity contribution in [2.24, 2.45) is 11.7 Å². The molecule has 0 bridgehead atoms. The molecule has 0 fully saturated rings. The lowest BCUT2D eigenvalue weighted by molar-refractivity contribution is 0.530. The summed E-state index contributed by atoms with van der Waals surface area (Å²) in [4.78, 5) is 0. The van der Waals surface area contributed by atoms with Gasteiger partial charge < -0.3 is 5.73 Å². The Kier molecular flexibility index (Phi) is 5.41. The van der Waals surface area contributed by atoms with Gasteiger partial charge in [0.2, 0.25) is 0 Å². The maximum absolute atomic E-state index is 13.4. The van der Waals surface area contributed by atoms with Crippen molar-refractivity contribution in [1.29, 1.82) is 0 Å². The van der Waals surface area contributed by atoms with E-state index in [1.165, 1.54) is 6.07 Å². The van der Waals surface area contributed by atoms with Crippen LogP contribution in [0.25, 0.3) is 0 Å². The fourth-order valence-electron chi connectivity index (χ4n) is 2.23. The van der Waals surface area contributed by atoms with Crippen molar-refractivity contribution in [2.75, 3.05) is 6.54 Å². The van der Waals surface area contributed by atoms with E-state index < -0.39 is 5.82 Å². The highest BCUT2D eigenvalue weighted by molar-refractivity contribution is 6.31. The van der Waals surface area contributed by atoms with Crippen LogP contribution in [-0.4, -0.2) is 6.54 Å². The van der Waals surface area contributed by atoms with E-state index in [0.29, 0.717) is 13.0 Å². The van der Waals surface area contributed by atoms with E-state index >= 15 is 0 Å². The second kappa shape index (κ2) is 7.07. The average molecular weight is 312 g/mol. The van der Waals surface area contributed by atoms with E-state index in [1.807, 2.05) is 30.3 Å². The minimum Gasteiger partial charge on any atom is -0.330 e. The van der Waals surface area contributed by atoms with Crippen molar-refractivity contribution in [3.8, 4) is 0 Å². The Morgan fingerprint density at radius 1 is 0.950 bits per heavy atom. The largest absolute Gasteiger partial charge is 0.330 e. The molecule has 1 unspecified atom stereocenters. The predicted molar refractivity (Wildman–Crippen MR) is 82.8 cm³/mol. The van der Waals surface area contributed by atoms with E-state index in [1.54, 1.807) is 6.07 Å². The van der Waals surface area contributed by atoms with Gasteiger partial charge in [-0.15, -0.1) is 0 Å². The zero-order valence-corrected chi connectivity index (χ0v) is 12.5. The highest BCUT2D eigenvalue weighted by Gasteiger charge is 2.14. The van der Waals surface area contributed by atoms with Gasteiger partial charge in [-0.05, 0) is 48.6 Å². The van der Waals surface area contributed by atoms with E-state index in [2.05, 4.69) is 0 Å². The maximum Gasteiger partial charge on any atom is 0.142 e. The fourth-order valence-corrected chi connectivity index (χ4v) is 2.65. The van der Waals surface area contributed by atoms with Crippen molar-refractivity contribution in [2.45, 2.75) is 12.8 Å². The molecule has 0 radical (unpaired) electrons. The topological polar surface area (TPSA) is 26.0 Å². The summed E-state index contributed by atoms with van der Waals surface area (Å²) in [6.45, 7) is 0.498. The van der Waals surface area contributed by atoms with E-state index in [-0.39, 0.29) is 10.9 Å². The van der Waals surface area contributed by atoms with Crippen LogP contribution in [0.1, 0.15) is 11.1 Å². The molecule has 0 aliphatic carbocycles. The molecule has 0 amide bonds. The molecule has 0 heterocycles. The van der Waals surface area contributed by atoms with Crippen molar-refractivity contribution in [3.63, 3.8) is 0 Å². The smallest absolute Gasteiger partial charge is 0.142 e. The Morgan fingerprint density at radius 2 is 1.60 bits per heavy atom. The van der Waals surface area contributed by atoms with Gasteiger partial charge in [-0.3, -0.25) is 0 Å². The van der Waals surface area contributed by atoms with E-state index in [4.69, 9.17) is 28.9 Å². The van der Waals surface area contributed by atoms with Crippen LogP contribution in [0.15, 0.2) is 42.5 Å². The third-order valence-corrected chi connectivity index (χ3v) is 4.13. The van der Waals surface area contributed by atoms with Crippen LogP contribution in [-0.2, 0) is 12.8 Å². The predicted octanol–water partition coefficient (Wildman–Crippen LogP) is 4.49. The number of rotatable bonds is 5. The highest BCUT2D eigenvalue weighted by Crippen LogP contribution is 2.25. The van der Waals surface area contributed by atoms with Crippen LogP contribution >= 0.6 is 23.2 Å². The molecule has 1 nitrogen and oxygen atoms in total. The first-order chi connectivity index (χ1) is 9.61. The molecule has 2 aromatic rings. The molecule has 0 aliphatic rings. The molecule has 0 saturated carbocycles. The number of hydrogen-bond donors (Lipinski definition) is 1. The summed E-state index contributed by atoms with van der Waals surface area (Å²) in [6, 6.07) is 12.5. The molecule has 2 N–H and O–H groups in total. The van der Waals surface area contributed by atoms with Crippen LogP contribution in [0.5, 0.6) is 0 Å². The SMILES string of the molecule is NCC(Cc1ccccc1Cl)Cc1cccc(F)c1Cl. The molecular formula is C16H16Cl2FN. The molecule has 0 aromatic heterocycles. The van der Waals surface area contributed by atoms with E-state index in [0.717, 1.165) is 22.6 Å². The molecule has 20 heavy (non-hydrogen) atoms. The summed E-state index contributed by atoms with van der Waals surface area (Å²) < 4.78 is 13.4. The van der Waals surface area contributed by atoms with Crippen molar-refractivity contribution < 1.29 is 4.39 Å². The molecule has 2 aromatic carbocycles. The molecule has 4 heteroatoms. The van der Waals surface area contributed by atoms with Gasteiger partial charge in [0.05, 0.1) is 5.02 Å². The molecular weight excluding hydrogens is 296 g/mol. The second-order valence-electron chi connectivity index (χ2n) is 4.81. The van der Waals surface area contributed by atoms with Gasteiger partial charge in [-0.25, -0.2) is 4.39 Å². The molecule has 0 saturated heterocycles. The zero-order chi connectivity index (χ0) is 14.5. The third kappa shape index (κ3) is 3.72. The first kappa shape index (κ1) is 15.3. The summed E-state index contributed by atoms with van der Waals surface area (Å²) in [5.74, 6) is -0.216. The normalized spacial score (nSPS) is 12.4. The Balaban J connectivity index is 2.14. The van der Waals surface area contributed by atoms with Gasteiger partial charge in [0.15, 0.2) is 0 Å². The van der Waals surface area contributed by atoms with Crippen LogP contribution < -0.4 is 5.73 Å². The van der Waals surface area contributed by atoms with Crippen molar-refractivity contribution in [1.82, 2.24) is 0 Å². The standard InChI is InChI=1S/C16H16Cl2FN/c17-14-6-2-1-4-12(14)8-11(10-20)9-13-5-3-7-15(19)16(13)18/h1-7,11H,8-10,20H2. The lowest BCUT2D eigenvalue weighted by atomic mass is 9.92. The average Bonchev–Trinajstić information content (AvgIpc) is 2.45. The summed E-state index contributed by atoms with van der Waals surface area (Å²) in [5, 5.41) is 0.918. The number of nitrogens with two attached hydrogens (primary N) is 1. The quantitative estimate of drug-likeness (QED) is 0.865. The molecule has 0 aliphatic heterocycles. The van der Waals surface area contributed by atoms with Crippen LogP contribution in [0, 0.1) is 11.7 Å². The minimum atomic E-state index is -0.391. The first-order valence-electron chi connectivity index (χ1n) is 6.48. The highest BCUT2D eigenvalue weighted by atomic mass is 35.5. The Morgan fingerprint density at radius 3 is 2.30 bits per heavy atom. The zero-order valence-electron chi connectivity index (χ0n) is 11.0. The Labute approximate surface area is 128 Å². The van der Waals surface area contributed by atoms with Crippen LogP contribution in [0.3, 0.4) is 0 Å². The van der Waals surface area contributed by atoms with Crippen molar-refractivity contribution in [3.05, 3.63) is 69.5 Å². The van der Waals surface area contributed by atoms with Gasteiger partial charge >= 0.3 is 0 Å². The monoisotopic (exact) mass is 311 g/mol. The lowest BCUT2D eigenvalue weighted by Gasteiger charge is -2.16. The van der Waals surface area contributed by atoms with Crippen LogP contribution in [0.4, 0.5) is 4.39 Å². The third-order valence-electron chi connectivity index (χ3n) is 3.34. The fraction of sp³-hybridized carbons (Fsp3) is 0.250. The summed E-state index contributed by atoms with van der Waals surface area (Å²) in [5.41, 5.74) is 7.67. The van der Waals surface area contributed by atoms with E-state index in [9.17, 15) is 4.39 Å². The Bertz CT molecular complexity index is 586.